The molecule has 9 atom stereocenters. The first kappa shape index (κ1) is 26.1. The minimum atomic E-state index is -1.00. The van der Waals surface area contributed by atoms with Gasteiger partial charge < -0.3 is 21.3 Å². The zero-order valence-corrected chi connectivity index (χ0v) is 22.1. The van der Waals surface area contributed by atoms with Crippen molar-refractivity contribution < 1.29 is 14.0 Å². The Morgan fingerprint density at radius 3 is 2.62 bits per heavy atom. The molecule has 6 fully saturated rings. The van der Waals surface area contributed by atoms with Gasteiger partial charge >= 0.3 is 0 Å². The van der Waals surface area contributed by atoms with Gasteiger partial charge in [-0.15, -0.1) is 11.6 Å². The van der Waals surface area contributed by atoms with Crippen molar-refractivity contribution in [1.82, 2.24) is 41.1 Å². The van der Waals surface area contributed by atoms with Gasteiger partial charge in [0.2, 0.25) is 11.8 Å². The van der Waals surface area contributed by atoms with Crippen LogP contribution >= 0.6 is 11.6 Å². The van der Waals surface area contributed by atoms with Crippen molar-refractivity contribution in [2.24, 2.45) is 17.6 Å². The summed E-state index contributed by atoms with van der Waals surface area (Å²) in [4.78, 5) is 33.8. The zero-order valence-electron chi connectivity index (χ0n) is 21.3. The van der Waals surface area contributed by atoms with E-state index in [2.05, 4.69) is 36.1 Å². The molecule has 6 heterocycles. The Bertz CT molecular complexity index is 864. The molecule has 11 nitrogen and oxygen atoms in total. The summed E-state index contributed by atoms with van der Waals surface area (Å²) in [5.41, 5.74) is 9.30. The molecule has 0 aromatic heterocycles. The molecule has 0 aromatic carbocycles. The second-order valence-corrected chi connectivity index (χ2v) is 12.2. The molecule has 2 amide bonds. The Kier molecular flexibility index (Phi) is 7.63. The van der Waals surface area contributed by atoms with Crippen LogP contribution in [0.15, 0.2) is 0 Å². The molecule has 0 saturated carbocycles. The van der Waals surface area contributed by atoms with E-state index in [-0.39, 0.29) is 48.5 Å². The topological polar surface area (TPSA) is 121 Å². The van der Waals surface area contributed by atoms with E-state index in [0.717, 1.165) is 58.5 Å². The lowest BCUT2D eigenvalue weighted by atomic mass is 9.90. The largest absolute Gasteiger partial charge is 0.350 e. The van der Waals surface area contributed by atoms with E-state index in [0.29, 0.717) is 25.0 Å². The Labute approximate surface area is 222 Å². The van der Waals surface area contributed by atoms with Crippen LogP contribution in [0.4, 0.5) is 4.39 Å². The summed E-state index contributed by atoms with van der Waals surface area (Å²) in [6.45, 7) is 7.28. The van der Waals surface area contributed by atoms with Crippen LogP contribution in [0.2, 0.25) is 0 Å². The number of alkyl halides is 2. The first-order valence-corrected chi connectivity index (χ1v) is 14.4. The number of hydrazine groups is 1. The predicted molar refractivity (Wildman–Crippen MR) is 137 cm³/mol. The molecule has 0 radical (unpaired) electrons. The number of rotatable bonds is 4. The molecule has 6 saturated heterocycles. The Balaban J connectivity index is 1.07. The number of nitrogens with two attached hydrogens (primary N) is 1. The van der Waals surface area contributed by atoms with Gasteiger partial charge in [0, 0.05) is 70.4 Å². The summed E-state index contributed by atoms with van der Waals surface area (Å²) in [6.07, 6.45) is 0.808. The number of hydrogen-bond donors (Lipinski definition) is 5. The van der Waals surface area contributed by atoms with Crippen LogP contribution < -0.4 is 27.1 Å². The van der Waals surface area contributed by atoms with Crippen molar-refractivity contribution in [2.45, 2.75) is 61.3 Å². The number of amides is 2. The van der Waals surface area contributed by atoms with E-state index in [1.165, 1.54) is 0 Å². The lowest BCUT2D eigenvalue weighted by molar-refractivity contribution is -0.140. The highest BCUT2D eigenvalue weighted by molar-refractivity contribution is 6.21. The van der Waals surface area contributed by atoms with E-state index in [9.17, 15) is 14.0 Å². The first-order chi connectivity index (χ1) is 17.9. The van der Waals surface area contributed by atoms with Gasteiger partial charge in [0.15, 0.2) is 0 Å². The van der Waals surface area contributed by atoms with Crippen molar-refractivity contribution >= 4 is 23.4 Å². The van der Waals surface area contributed by atoms with Crippen LogP contribution in [0.25, 0.3) is 0 Å². The first-order valence-electron chi connectivity index (χ1n) is 14.0. The molecule has 6 rings (SSSR count). The molecule has 6 N–H and O–H groups in total. The quantitative estimate of drug-likeness (QED) is 0.249. The van der Waals surface area contributed by atoms with E-state index in [1.54, 1.807) is 5.01 Å². The smallest absolute Gasteiger partial charge is 0.229 e. The lowest BCUT2D eigenvalue weighted by Crippen LogP contribution is -2.67. The van der Waals surface area contributed by atoms with Gasteiger partial charge in [0.05, 0.1) is 29.7 Å². The van der Waals surface area contributed by atoms with Gasteiger partial charge in [0.25, 0.3) is 0 Å². The highest BCUT2D eigenvalue weighted by Crippen LogP contribution is 2.30. The number of piperazine rings is 1. The molecular weight excluding hydrogens is 501 g/mol. The number of hydrogen-bond acceptors (Lipinski definition) is 9. The zero-order chi connectivity index (χ0) is 25.7. The number of nitrogens with one attached hydrogen (secondary N) is 4. The second kappa shape index (κ2) is 10.8. The van der Waals surface area contributed by atoms with Crippen LogP contribution in [0, 0.1) is 11.8 Å². The monoisotopic (exact) mass is 541 g/mol. The average molecular weight is 542 g/mol. The second-order valence-electron chi connectivity index (χ2n) is 11.6. The van der Waals surface area contributed by atoms with Gasteiger partial charge in [-0.3, -0.25) is 24.7 Å². The third-order valence-electron chi connectivity index (χ3n) is 9.37. The molecule has 2 bridgehead atoms. The lowest BCUT2D eigenvalue weighted by Gasteiger charge is -2.46. The fraction of sp³-hybridized carbons (Fsp3) is 0.917. The fourth-order valence-electron chi connectivity index (χ4n) is 7.42. The molecule has 37 heavy (non-hydrogen) atoms. The highest BCUT2D eigenvalue weighted by atomic mass is 35.5. The number of nitrogens with zero attached hydrogens (tertiary/aromatic N) is 4. The fourth-order valence-corrected chi connectivity index (χ4v) is 7.86. The van der Waals surface area contributed by atoms with Crippen LogP contribution in [-0.4, -0.2) is 139 Å². The van der Waals surface area contributed by atoms with Gasteiger partial charge in [-0.2, -0.15) is 0 Å². The normalized spacial score (nSPS) is 43.5. The maximum Gasteiger partial charge on any atom is 0.229 e. The van der Waals surface area contributed by atoms with Crippen molar-refractivity contribution in [2.75, 3.05) is 65.4 Å². The number of carbonyl (C=O) groups is 2. The molecule has 208 valence electrons. The molecule has 0 aliphatic carbocycles. The van der Waals surface area contributed by atoms with Gasteiger partial charge in [0.1, 0.15) is 6.17 Å². The molecule has 6 aliphatic rings. The van der Waals surface area contributed by atoms with Crippen molar-refractivity contribution in [3.63, 3.8) is 0 Å². The number of carbonyl (C=O) groups excluding carboxylic acids is 2. The molecule has 13 heteroatoms. The van der Waals surface area contributed by atoms with Crippen LogP contribution in [0.5, 0.6) is 0 Å². The third kappa shape index (κ3) is 5.11. The van der Waals surface area contributed by atoms with Crippen molar-refractivity contribution in [1.29, 1.82) is 0 Å². The van der Waals surface area contributed by atoms with Crippen molar-refractivity contribution in [3.05, 3.63) is 0 Å². The minimum absolute atomic E-state index is 0.0301. The average Bonchev–Trinajstić information content (AvgIpc) is 3.42. The number of fused-ring (bicyclic) bond motifs is 3. The molecule has 6 aliphatic heterocycles. The summed E-state index contributed by atoms with van der Waals surface area (Å²) in [5, 5.41) is 11.2. The molecule has 9 unspecified atom stereocenters. The van der Waals surface area contributed by atoms with E-state index >= 15 is 0 Å². The van der Waals surface area contributed by atoms with Gasteiger partial charge in [-0.1, -0.05) is 0 Å². The maximum absolute atomic E-state index is 13.8. The Morgan fingerprint density at radius 2 is 1.81 bits per heavy atom. The van der Waals surface area contributed by atoms with Crippen LogP contribution in [0.1, 0.15) is 19.3 Å². The summed E-state index contributed by atoms with van der Waals surface area (Å²) in [7, 11) is 0. The summed E-state index contributed by atoms with van der Waals surface area (Å²) >= 11 is 6.84. The summed E-state index contributed by atoms with van der Waals surface area (Å²) < 4.78 is 13.8. The Hall–Kier alpha value is -1.12. The highest BCUT2D eigenvalue weighted by Gasteiger charge is 2.49. The molecule has 0 aromatic rings. The van der Waals surface area contributed by atoms with E-state index in [1.807, 2.05) is 0 Å². The van der Waals surface area contributed by atoms with Gasteiger partial charge in [-0.25, -0.2) is 14.8 Å². The van der Waals surface area contributed by atoms with Crippen LogP contribution in [0.3, 0.4) is 0 Å². The minimum Gasteiger partial charge on any atom is -0.350 e. The van der Waals surface area contributed by atoms with Crippen molar-refractivity contribution in [3.8, 4) is 0 Å². The molecule has 0 spiro atoms. The molecular formula is C24H41ClFN9O2. The number of piperidine rings is 2. The standard InChI is InChI=1S/C24H41ClFN9O2/c25-17-10-28-11-18(30-23(36)19-21(27)31-35-12-15(26)9-29-22(19)35)20(17)33-5-1-14(2-6-33)24(37)34-8-7-32-4-3-16(34)13-32/h14-22,28-29,31H,1-13,27H2,(H,30,36). The van der Waals surface area contributed by atoms with Crippen LogP contribution in [-0.2, 0) is 9.59 Å². The summed E-state index contributed by atoms with van der Waals surface area (Å²) in [6, 6.07) is 0.177. The van der Waals surface area contributed by atoms with E-state index < -0.39 is 18.3 Å². The van der Waals surface area contributed by atoms with E-state index in [4.69, 9.17) is 17.3 Å². The number of likely N-dealkylation sites (tertiary alicyclic amines) is 1. The SMILES string of the molecule is NC1NN2CC(F)CNC2C1C(=O)NC1CNCC(Cl)C1N1CCC(C(=O)N2CCN3CCC2C3)CC1. The predicted octanol–water partition coefficient (Wildman–Crippen LogP) is -2.33. The number of halogens is 2. The maximum atomic E-state index is 13.8. The van der Waals surface area contributed by atoms with Gasteiger partial charge in [-0.05, 0) is 32.4 Å². The Morgan fingerprint density at radius 1 is 1.00 bits per heavy atom. The third-order valence-corrected chi connectivity index (χ3v) is 9.78. The summed E-state index contributed by atoms with van der Waals surface area (Å²) in [5.74, 6) is -0.298.